The molecule has 4 aromatic rings. The number of nitrogens with one attached hydrogen (secondary N) is 1. The lowest BCUT2D eigenvalue weighted by atomic mass is 10.0. The molecule has 8 nitrogen and oxygen atoms in total. The third-order valence-electron chi connectivity index (χ3n) is 5.87. The molecule has 33 heavy (non-hydrogen) atoms. The highest BCUT2D eigenvalue weighted by molar-refractivity contribution is 6.14. The molecule has 0 atom stereocenters. The standard InChI is InChI=1S/C25H20N6O2/c32-22(27-20-12-6-4-10-18(20)17-8-2-1-3-9-17)16-30-25(33)31-21-13-7-5-11-19(21)23-26-14-15-29(23)24(31)28-30/h1-13H,14-16H2,(H,27,32). The Kier molecular flexibility index (Phi) is 4.43. The SMILES string of the molecule is O=C(Cn1nc2n(c1=O)-c1ccccc1C1=NCCN12)Nc1ccccc1-c1ccccc1. The molecule has 1 aromatic heterocycles. The van der Waals surface area contributed by atoms with Crippen molar-refractivity contribution in [1.82, 2.24) is 14.3 Å². The van der Waals surface area contributed by atoms with E-state index in [2.05, 4.69) is 15.4 Å². The summed E-state index contributed by atoms with van der Waals surface area (Å²) in [5, 5.41) is 7.45. The molecule has 1 amide bonds. The van der Waals surface area contributed by atoms with Gasteiger partial charge in [0.2, 0.25) is 11.9 Å². The molecule has 8 heteroatoms. The predicted octanol–water partition coefficient (Wildman–Crippen LogP) is 2.92. The Hall–Kier alpha value is -4.46. The molecule has 0 bridgehead atoms. The molecular weight excluding hydrogens is 416 g/mol. The zero-order valence-electron chi connectivity index (χ0n) is 17.7. The third kappa shape index (κ3) is 3.15. The summed E-state index contributed by atoms with van der Waals surface area (Å²) in [6, 6.07) is 25.1. The molecule has 2 aliphatic heterocycles. The quantitative estimate of drug-likeness (QED) is 0.533. The fourth-order valence-electron chi connectivity index (χ4n) is 4.40. The van der Waals surface area contributed by atoms with E-state index in [1.165, 1.54) is 4.68 Å². The first-order valence-electron chi connectivity index (χ1n) is 10.8. The van der Waals surface area contributed by atoms with Crippen molar-refractivity contribution in [2.24, 2.45) is 4.99 Å². The summed E-state index contributed by atoms with van der Waals surface area (Å²) in [7, 11) is 0. The number of rotatable bonds is 4. The monoisotopic (exact) mass is 436 g/mol. The lowest BCUT2D eigenvalue weighted by molar-refractivity contribution is -0.117. The van der Waals surface area contributed by atoms with Gasteiger partial charge in [-0.3, -0.25) is 14.7 Å². The van der Waals surface area contributed by atoms with E-state index in [0.29, 0.717) is 24.7 Å². The number of aliphatic imine (C=N–C) groups is 1. The zero-order valence-corrected chi connectivity index (χ0v) is 17.7. The Morgan fingerprint density at radius 1 is 0.909 bits per heavy atom. The van der Waals surface area contributed by atoms with E-state index in [4.69, 9.17) is 0 Å². The van der Waals surface area contributed by atoms with Crippen molar-refractivity contribution in [2.45, 2.75) is 6.54 Å². The lowest BCUT2D eigenvalue weighted by Crippen LogP contribution is -2.37. The van der Waals surface area contributed by atoms with E-state index >= 15 is 0 Å². The van der Waals surface area contributed by atoms with Crippen molar-refractivity contribution < 1.29 is 4.79 Å². The van der Waals surface area contributed by atoms with Crippen LogP contribution in [-0.4, -0.2) is 39.2 Å². The van der Waals surface area contributed by atoms with Crippen LogP contribution in [-0.2, 0) is 11.3 Å². The molecular formula is C25H20N6O2. The summed E-state index contributed by atoms with van der Waals surface area (Å²) in [5.74, 6) is 0.989. The number of nitrogens with zero attached hydrogens (tertiary/aromatic N) is 5. The van der Waals surface area contributed by atoms with Gasteiger partial charge in [0, 0.05) is 23.4 Å². The van der Waals surface area contributed by atoms with E-state index in [-0.39, 0.29) is 18.1 Å². The maximum absolute atomic E-state index is 13.3. The van der Waals surface area contributed by atoms with E-state index in [9.17, 15) is 9.59 Å². The van der Waals surface area contributed by atoms with Crippen molar-refractivity contribution in [3.05, 3.63) is 94.9 Å². The third-order valence-corrected chi connectivity index (χ3v) is 5.87. The van der Waals surface area contributed by atoms with Crippen LogP contribution in [0.4, 0.5) is 11.6 Å². The minimum atomic E-state index is -0.352. The molecule has 162 valence electrons. The van der Waals surface area contributed by atoms with Crippen LogP contribution >= 0.6 is 0 Å². The fraction of sp³-hybridized carbons (Fsp3) is 0.120. The van der Waals surface area contributed by atoms with Gasteiger partial charge in [-0.2, -0.15) is 0 Å². The van der Waals surface area contributed by atoms with E-state index in [0.717, 1.165) is 28.2 Å². The Balaban J connectivity index is 1.32. The highest BCUT2D eigenvalue weighted by atomic mass is 16.2. The summed E-state index contributed by atoms with van der Waals surface area (Å²) in [5.41, 5.74) is 3.87. The van der Waals surface area contributed by atoms with Gasteiger partial charge in [0.1, 0.15) is 12.4 Å². The molecule has 1 N–H and O–H groups in total. The van der Waals surface area contributed by atoms with E-state index in [1.54, 1.807) is 4.57 Å². The van der Waals surface area contributed by atoms with Crippen molar-refractivity contribution in [2.75, 3.05) is 23.3 Å². The van der Waals surface area contributed by atoms with Crippen LogP contribution in [0.1, 0.15) is 5.56 Å². The maximum Gasteiger partial charge on any atom is 0.352 e. The maximum atomic E-state index is 13.3. The zero-order chi connectivity index (χ0) is 22.4. The van der Waals surface area contributed by atoms with Gasteiger partial charge in [-0.15, -0.1) is 5.10 Å². The number of amides is 1. The second-order valence-corrected chi connectivity index (χ2v) is 7.91. The van der Waals surface area contributed by atoms with Gasteiger partial charge < -0.3 is 5.32 Å². The number of amidine groups is 1. The van der Waals surface area contributed by atoms with Crippen molar-refractivity contribution >= 4 is 23.4 Å². The highest BCUT2D eigenvalue weighted by Crippen LogP contribution is 2.30. The number of aromatic nitrogens is 3. The second kappa shape index (κ2) is 7.59. The normalized spacial score (nSPS) is 13.7. The molecule has 3 heterocycles. The number of benzene rings is 3. The van der Waals surface area contributed by atoms with Gasteiger partial charge >= 0.3 is 5.69 Å². The summed E-state index contributed by atoms with van der Waals surface area (Å²) in [6.07, 6.45) is 0. The molecule has 3 aromatic carbocycles. The molecule has 0 aliphatic carbocycles. The summed E-state index contributed by atoms with van der Waals surface area (Å²) in [4.78, 5) is 32.7. The van der Waals surface area contributed by atoms with Crippen LogP contribution < -0.4 is 15.9 Å². The number of para-hydroxylation sites is 2. The van der Waals surface area contributed by atoms with Gasteiger partial charge in [0.15, 0.2) is 0 Å². The largest absolute Gasteiger partial charge is 0.352 e. The van der Waals surface area contributed by atoms with Gasteiger partial charge in [-0.05, 0) is 23.8 Å². The van der Waals surface area contributed by atoms with E-state index in [1.807, 2.05) is 83.8 Å². The summed E-state index contributed by atoms with van der Waals surface area (Å²) < 4.78 is 2.78. The van der Waals surface area contributed by atoms with Crippen LogP contribution in [0.15, 0.2) is 88.6 Å². The minimum Gasteiger partial charge on any atom is -0.324 e. The Labute approximate surface area is 189 Å². The average molecular weight is 436 g/mol. The van der Waals surface area contributed by atoms with Crippen LogP contribution in [0.5, 0.6) is 0 Å². The Morgan fingerprint density at radius 3 is 2.48 bits per heavy atom. The van der Waals surface area contributed by atoms with Crippen LogP contribution in [0.25, 0.3) is 16.8 Å². The first-order chi connectivity index (χ1) is 16.2. The molecule has 0 unspecified atom stereocenters. The molecule has 6 rings (SSSR count). The number of carbonyl (C=O) groups excluding carboxylic acids is 1. The molecule has 0 fully saturated rings. The Morgan fingerprint density at radius 2 is 1.64 bits per heavy atom. The second-order valence-electron chi connectivity index (χ2n) is 7.91. The predicted molar refractivity (Wildman–Crippen MR) is 127 cm³/mol. The van der Waals surface area contributed by atoms with Crippen molar-refractivity contribution in [3.8, 4) is 16.8 Å². The van der Waals surface area contributed by atoms with Gasteiger partial charge in [-0.25, -0.2) is 14.0 Å². The first-order valence-corrected chi connectivity index (χ1v) is 10.8. The summed E-state index contributed by atoms with van der Waals surface area (Å²) in [6.45, 7) is 1.10. The number of hydrogen-bond acceptors (Lipinski definition) is 5. The number of hydrogen-bond donors (Lipinski definition) is 1. The van der Waals surface area contributed by atoms with Crippen LogP contribution in [0.2, 0.25) is 0 Å². The topological polar surface area (TPSA) is 84.5 Å². The van der Waals surface area contributed by atoms with Crippen LogP contribution in [0.3, 0.4) is 0 Å². The van der Waals surface area contributed by atoms with Crippen molar-refractivity contribution in [3.63, 3.8) is 0 Å². The number of fused-ring (bicyclic) bond motifs is 6. The Bertz CT molecular complexity index is 1470. The minimum absolute atomic E-state index is 0.190. The fourth-order valence-corrected chi connectivity index (χ4v) is 4.40. The van der Waals surface area contributed by atoms with Gasteiger partial charge in [-0.1, -0.05) is 60.7 Å². The smallest absolute Gasteiger partial charge is 0.324 e. The summed E-state index contributed by atoms with van der Waals surface area (Å²) >= 11 is 0. The van der Waals surface area contributed by atoms with Gasteiger partial charge in [0.25, 0.3) is 0 Å². The van der Waals surface area contributed by atoms with Gasteiger partial charge in [0.05, 0.1) is 12.2 Å². The average Bonchev–Trinajstić information content (AvgIpc) is 3.46. The lowest BCUT2D eigenvalue weighted by Gasteiger charge is -2.26. The van der Waals surface area contributed by atoms with Crippen LogP contribution in [0, 0.1) is 0 Å². The molecule has 0 saturated carbocycles. The molecule has 0 radical (unpaired) electrons. The van der Waals surface area contributed by atoms with Crippen molar-refractivity contribution in [1.29, 1.82) is 0 Å². The van der Waals surface area contributed by atoms with E-state index < -0.39 is 0 Å². The number of anilines is 2. The molecule has 0 saturated heterocycles. The molecule has 0 spiro atoms. The first kappa shape index (κ1) is 19.2. The highest BCUT2D eigenvalue weighted by Gasteiger charge is 2.34. The number of carbonyl (C=O) groups is 1. The molecule has 2 aliphatic rings.